The molecule has 1 unspecified atom stereocenters. The van der Waals surface area contributed by atoms with E-state index in [2.05, 4.69) is 61.9 Å². The van der Waals surface area contributed by atoms with Gasteiger partial charge in [0, 0.05) is 28.0 Å². The molecule has 1 aromatic heterocycles. The van der Waals surface area contributed by atoms with Crippen molar-refractivity contribution in [2.45, 2.75) is 44.6 Å². The Morgan fingerprint density at radius 3 is 2.76 bits per heavy atom. The van der Waals surface area contributed by atoms with Crippen molar-refractivity contribution >= 4 is 11.8 Å². The molecule has 1 aliphatic rings. The van der Waals surface area contributed by atoms with Crippen LogP contribution in [0.5, 0.6) is 0 Å². The minimum atomic E-state index is 0.160. The van der Waals surface area contributed by atoms with E-state index in [4.69, 9.17) is 5.73 Å². The average molecular weight is 300 g/mol. The van der Waals surface area contributed by atoms with E-state index in [0.717, 1.165) is 12.8 Å². The van der Waals surface area contributed by atoms with E-state index in [-0.39, 0.29) is 11.5 Å². The van der Waals surface area contributed by atoms with Gasteiger partial charge in [-0.1, -0.05) is 19.9 Å². The Kier molecular flexibility index (Phi) is 3.66. The summed E-state index contributed by atoms with van der Waals surface area (Å²) in [7, 11) is 0. The summed E-state index contributed by atoms with van der Waals surface area (Å²) in [4.78, 5) is 1.30. The Morgan fingerprint density at radius 1 is 1.29 bits per heavy atom. The minimum absolute atomic E-state index is 0.160. The normalized spacial score (nSPS) is 20.3. The third kappa shape index (κ3) is 2.65. The molecular weight excluding hydrogens is 276 g/mol. The number of hydrogen-bond donors (Lipinski definition) is 1. The van der Waals surface area contributed by atoms with Crippen LogP contribution in [0.2, 0.25) is 0 Å². The quantitative estimate of drug-likeness (QED) is 0.829. The van der Waals surface area contributed by atoms with Crippen LogP contribution in [0.15, 0.2) is 35.2 Å². The molecule has 2 nitrogen and oxygen atoms in total. The van der Waals surface area contributed by atoms with E-state index >= 15 is 0 Å². The minimum Gasteiger partial charge on any atom is -0.324 e. The Labute approximate surface area is 131 Å². The van der Waals surface area contributed by atoms with Gasteiger partial charge < -0.3 is 10.3 Å². The van der Waals surface area contributed by atoms with Crippen LogP contribution in [0, 0.1) is 12.3 Å². The van der Waals surface area contributed by atoms with Crippen molar-refractivity contribution < 1.29 is 0 Å². The van der Waals surface area contributed by atoms with E-state index in [0.29, 0.717) is 0 Å². The second kappa shape index (κ2) is 5.22. The predicted molar refractivity (Wildman–Crippen MR) is 91.3 cm³/mol. The maximum absolute atomic E-state index is 6.42. The van der Waals surface area contributed by atoms with E-state index in [9.17, 15) is 0 Å². The van der Waals surface area contributed by atoms with Gasteiger partial charge in [0.05, 0.1) is 0 Å². The molecule has 3 heteroatoms. The molecular formula is C18H24N2S. The van der Waals surface area contributed by atoms with Gasteiger partial charge in [0.1, 0.15) is 0 Å². The number of fused-ring (bicyclic) bond motifs is 1. The van der Waals surface area contributed by atoms with Gasteiger partial charge >= 0.3 is 0 Å². The molecule has 0 saturated heterocycles. The van der Waals surface area contributed by atoms with Crippen LogP contribution in [-0.2, 0) is 6.42 Å². The number of rotatable bonds is 2. The smallest absolute Gasteiger partial charge is 0.0466 e. The lowest BCUT2D eigenvalue weighted by atomic mass is 9.74. The van der Waals surface area contributed by atoms with E-state index in [1.807, 2.05) is 0 Å². The van der Waals surface area contributed by atoms with Gasteiger partial charge in [-0.25, -0.2) is 0 Å². The third-order valence-electron chi connectivity index (χ3n) is 4.45. The summed E-state index contributed by atoms with van der Waals surface area (Å²) in [6.07, 6.45) is 4.28. The average Bonchev–Trinajstić information content (AvgIpc) is 2.74. The highest BCUT2D eigenvalue weighted by molar-refractivity contribution is 7.98. The molecule has 112 valence electrons. The fourth-order valence-corrected chi connectivity index (χ4v) is 4.01. The van der Waals surface area contributed by atoms with Crippen LogP contribution in [0.1, 0.15) is 43.3 Å². The summed E-state index contributed by atoms with van der Waals surface area (Å²) >= 11 is 1.79. The first kappa shape index (κ1) is 14.7. The molecule has 0 amide bonds. The van der Waals surface area contributed by atoms with Gasteiger partial charge in [-0.3, -0.25) is 0 Å². The molecule has 0 fully saturated rings. The van der Waals surface area contributed by atoms with E-state index in [1.54, 1.807) is 11.8 Å². The molecule has 1 heterocycles. The van der Waals surface area contributed by atoms with Gasteiger partial charge in [0.25, 0.3) is 0 Å². The van der Waals surface area contributed by atoms with Crippen LogP contribution in [0.25, 0.3) is 5.69 Å². The van der Waals surface area contributed by atoms with Gasteiger partial charge in [-0.15, -0.1) is 11.8 Å². The fourth-order valence-electron chi connectivity index (χ4n) is 3.56. The highest BCUT2D eigenvalue weighted by atomic mass is 32.2. The molecule has 0 radical (unpaired) electrons. The van der Waals surface area contributed by atoms with Crippen LogP contribution >= 0.6 is 11.8 Å². The molecule has 0 spiro atoms. The zero-order chi connectivity index (χ0) is 15.2. The highest BCUT2D eigenvalue weighted by Crippen LogP contribution is 2.42. The summed E-state index contributed by atoms with van der Waals surface area (Å²) in [6, 6.07) is 11.2. The number of thioether (sulfide) groups is 1. The number of hydrogen-bond acceptors (Lipinski definition) is 2. The molecule has 1 aromatic carbocycles. The van der Waals surface area contributed by atoms with Crippen molar-refractivity contribution in [3.63, 3.8) is 0 Å². The van der Waals surface area contributed by atoms with E-state index < -0.39 is 0 Å². The Bertz CT molecular complexity index is 670. The number of nitrogens with two attached hydrogens (primary N) is 1. The Balaban J connectivity index is 2.16. The predicted octanol–water partition coefficient (Wildman–Crippen LogP) is 4.48. The first-order chi connectivity index (χ1) is 9.91. The van der Waals surface area contributed by atoms with Crippen molar-refractivity contribution in [1.82, 2.24) is 4.57 Å². The fraction of sp³-hybridized carbons (Fsp3) is 0.444. The summed E-state index contributed by atoms with van der Waals surface area (Å²) in [6.45, 7) is 6.82. The Hall–Kier alpha value is -1.19. The lowest BCUT2D eigenvalue weighted by Crippen LogP contribution is -2.30. The van der Waals surface area contributed by atoms with Crippen molar-refractivity contribution in [2.75, 3.05) is 6.26 Å². The first-order valence-corrected chi connectivity index (χ1v) is 8.75. The molecule has 0 saturated carbocycles. The van der Waals surface area contributed by atoms with Crippen LogP contribution in [-0.4, -0.2) is 10.8 Å². The third-order valence-corrected chi connectivity index (χ3v) is 5.18. The SMILES string of the molecule is CSc1cccc(-n2c(C)cc3c2CC(C)(C)CC3N)c1. The number of aryl methyl sites for hydroxylation is 1. The number of aromatic nitrogens is 1. The molecule has 3 rings (SSSR count). The van der Waals surface area contributed by atoms with Gasteiger partial charge in [0.2, 0.25) is 0 Å². The van der Waals surface area contributed by atoms with Gasteiger partial charge in [0.15, 0.2) is 0 Å². The second-order valence-corrected chi connectivity index (χ2v) is 7.76. The van der Waals surface area contributed by atoms with Crippen LogP contribution in [0.4, 0.5) is 0 Å². The van der Waals surface area contributed by atoms with Crippen molar-refractivity contribution in [3.8, 4) is 5.69 Å². The molecule has 1 aliphatic carbocycles. The lowest BCUT2D eigenvalue weighted by Gasteiger charge is -2.34. The molecule has 0 aliphatic heterocycles. The zero-order valence-corrected chi connectivity index (χ0v) is 14.1. The molecule has 1 atom stereocenters. The summed E-state index contributed by atoms with van der Waals surface area (Å²) in [5.74, 6) is 0. The highest BCUT2D eigenvalue weighted by Gasteiger charge is 2.33. The standard InChI is InChI=1S/C18H24N2S/c1-12-8-15-16(19)10-18(2,3)11-17(15)20(12)13-6-5-7-14(9-13)21-4/h5-9,16H,10-11,19H2,1-4H3. The number of nitrogens with zero attached hydrogens (tertiary/aromatic N) is 1. The lowest BCUT2D eigenvalue weighted by molar-refractivity contribution is 0.278. The molecule has 2 aromatic rings. The first-order valence-electron chi connectivity index (χ1n) is 7.52. The number of benzene rings is 1. The van der Waals surface area contributed by atoms with Gasteiger partial charge in [-0.05, 0) is 61.3 Å². The monoisotopic (exact) mass is 300 g/mol. The van der Waals surface area contributed by atoms with Gasteiger partial charge in [-0.2, -0.15) is 0 Å². The van der Waals surface area contributed by atoms with Crippen molar-refractivity contribution in [3.05, 3.63) is 47.3 Å². The van der Waals surface area contributed by atoms with Crippen LogP contribution < -0.4 is 5.73 Å². The second-order valence-electron chi connectivity index (χ2n) is 6.88. The summed E-state index contributed by atoms with van der Waals surface area (Å²) in [5, 5.41) is 0. The zero-order valence-electron chi connectivity index (χ0n) is 13.3. The Morgan fingerprint density at radius 2 is 2.05 bits per heavy atom. The maximum atomic E-state index is 6.42. The molecule has 0 bridgehead atoms. The topological polar surface area (TPSA) is 30.9 Å². The summed E-state index contributed by atoms with van der Waals surface area (Å²) in [5.41, 5.74) is 12.0. The van der Waals surface area contributed by atoms with E-state index in [1.165, 1.54) is 27.5 Å². The van der Waals surface area contributed by atoms with Crippen molar-refractivity contribution in [2.24, 2.45) is 11.1 Å². The molecule has 21 heavy (non-hydrogen) atoms. The summed E-state index contributed by atoms with van der Waals surface area (Å²) < 4.78 is 2.40. The molecule has 2 N–H and O–H groups in total. The largest absolute Gasteiger partial charge is 0.324 e. The maximum Gasteiger partial charge on any atom is 0.0466 e. The van der Waals surface area contributed by atoms with Crippen molar-refractivity contribution in [1.29, 1.82) is 0 Å². The van der Waals surface area contributed by atoms with Crippen LogP contribution in [0.3, 0.4) is 0 Å².